The van der Waals surface area contributed by atoms with Gasteiger partial charge < -0.3 is 0 Å². The van der Waals surface area contributed by atoms with E-state index in [0.29, 0.717) is 6.42 Å². The molecule has 0 radical (unpaired) electrons. The lowest BCUT2D eigenvalue weighted by molar-refractivity contribution is 0.0973. The number of pyridine rings is 1. The molecule has 0 aliphatic carbocycles. The van der Waals surface area contributed by atoms with E-state index in [-0.39, 0.29) is 11.7 Å². The maximum atomic E-state index is 12.9. The van der Waals surface area contributed by atoms with E-state index in [9.17, 15) is 4.79 Å². The molecule has 0 N–H and O–H groups in total. The highest BCUT2D eigenvalue weighted by molar-refractivity contribution is 6.00. The number of hydrogen-bond donors (Lipinski definition) is 0. The van der Waals surface area contributed by atoms with Gasteiger partial charge in [0.05, 0.1) is 0 Å². The Bertz CT molecular complexity index is 672. The summed E-state index contributed by atoms with van der Waals surface area (Å²) in [6.07, 6.45) is 2.29. The second kappa shape index (κ2) is 6.43. The maximum absolute atomic E-state index is 12.9. The van der Waals surface area contributed by atoms with E-state index < -0.39 is 0 Å². The van der Waals surface area contributed by atoms with E-state index in [4.69, 9.17) is 0 Å². The average molecular weight is 295 g/mol. The number of nitrogens with zero attached hydrogens (tertiary/aromatic N) is 1. The molecule has 0 bridgehead atoms. The molecule has 0 aliphatic heterocycles. The van der Waals surface area contributed by atoms with Crippen molar-refractivity contribution in [1.82, 2.24) is 4.98 Å². The molecular formula is C20H25NO. The number of carbonyl (C=O) groups is 1. The summed E-state index contributed by atoms with van der Waals surface area (Å²) < 4.78 is 0. The van der Waals surface area contributed by atoms with Gasteiger partial charge in [0.1, 0.15) is 0 Å². The second-order valence-corrected chi connectivity index (χ2v) is 6.28. The molecule has 1 aromatic carbocycles. The lowest BCUT2D eigenvalue weighted by atomic mass is 9.85. The van der Waals surface area contributed by atoms with Gasteiger partial charge in [-0.05, 0) is 74.6 Å². The van der Waals surface area contributed by atoms with Crippen molar-refractivity contribution in [3.8, 4) is 0 Å². The third-order valence-electron chi connectivity index (χ3n) is 4.96. The molecule has 2 aromatic rings. The molecule has 0 saturated carbocycles. The van der Waals surface area contributed by atoms with Gasteiger partial charge in [0, 0.05) is 29.8 Å². The normalized spacial score (nSPS) is 12.3. The Hall–Kier alpha value is -1.96. The van der Waals surface area contributed by atoms with Gasteiger partial charge in [-0.25, -0.2) is 0 Å². The number of aromatic nitrogens is 1. The first kappa shape index (κ1) is 16.4. The molecule has 0 spiro atoms. The molecule has 1 atom stereocenters. The van der Waals surface area contributed by atoms with Crippen LogP contribution >= 0.6 is 0 Å². The van der Waals surface area contributed by atoms with E-state index in [2.05, 4.69) is 46.5 Å². The van der Waals surface area contributed by atoms with Crippen LogP contribution in [0.2, 0.25) is 0 Å². The number of rotatable bonds is 4. The molecule has 2 heteroatoms. The van der Waals surface area contributed by atoms with E-state index in [1.807, 2.05) is 18.2 Å². The highest BCUT2D eigenvalue weighted by atomic mass is 16.1. The van der Waals surface area contributed by atoms with Gasteiger partial charge in [-0.3, -0.25) is 9.78 Å². The van der Waals surface area contributed by atoms with Gasteiger partial charge in [-0.2, -0.15) is 0 Å². The Labute approximate surface area is 133 Å². The van der Waals surface area contributed by atoms with Gasteiger partial charge in [-0.15, -0.1) is 0 Å². The monoisotopic (exact) mass is 295 g/mol. The number of carbonyl (C=O) groups excluding carboxylic acids is 1. The molecule has 0 aliphatic rings. The third kappa shape index (κ3) is 2.96. The Morgan fingerprint density at radius 3 is 2.00 bits per heavy atom. The molecule has 1 heterocycles. The van der Waals surface area contributed by atoms with Crippen LogP contribution in [-0.2, 0) is 0 Å². The summed E-state index contributed by atoms with van der Waals surface area (Å²) in [6.45, 7) is 12.5. The number of benzene rings is 1. The molecule has 2 rings (SSSR count). The fourth-order valence-corrected chi connectivity index (χ4v) is 3.07. The number of ketones is 1. The first-order chi connectivity index (χ1) is 10.3. The molecule has 2 nitrogen and oxygen atoms in total. The van der Waals surface area contributed by atoms with Gasteiger partial charge in [0.2, 0.25) is 0 Å². The van der Waals surface area contributed by atoms with Crippen LogP contribution in [0, 0.1) is 34.6 Å². The zero-order valence-corrected chi connectivity index (χ0v) is 14.4. The fraction of sp³-hybridized carbons (Fsp3) is 0.400. The van der Waals surface area contributed by atoms with E-state index in [1.165, 1.54) is 16.7 Å². The number of Topliss-reactive ketones (excluding diaryl/α,β-unsaturated/α-hetero) is 1. The minimum Gasteiger partial charge on any atom is -0.294 e. The topological polar surface area (TPSA) is 30.0 Å². The van der Waals surface area contributed by atoms with Crippen molar-refractivity contribution < 1.29 is 4.79 Å². The molecule has 1 aromatic heterocycles. The van der Waals surface area contributed by atoms with Gasteiger partial charge in [0.15, 0.2) is 5.78 Å². The van der Waals surface area contributed by atoms with Gasteiger partial charge in [0.25, 0.3) is 0 Å². The SMILES string of the molecule is Cc1c(C)c(C)c(C(=O)CC(C)c2ccccn2)c(C)c1C. The van der Waals surface area contributed by atoms with Crippen LogP contribution in [0.15, 0.2) is 24.4 Å². The smallest absolute Gasteiger partial charge is 0.164 e. The molecule has 22 heavy (non-hydrogen) atoms. The standard InChI is InChI=1S/C20H25NO/c1-12(18-9-7-8-10-21-18)11-19(22)20-16(5)14(3)13(2)15(4)17(20)6/h7-10,12H,11H2,1-6H3. The fourth-order valence-electron chi connectivity index (χ4n) is 3.07. The minimum atomic E-state index is 0.134. The van der Waals surface area contributed by atoms with Crippen molar-refractivity contribution in [2.24, 2.45) is 0 Å². The summed E-state index contributed by atoms with van der Waals surface area (Å²) in [5.41, 5.74) is 7.89. The first-order valence-electron chi connectivity index (χ1n) is 7.85. The van der Waals surface area contributed by atoms with Crippen molar-refractivity contribution in [1.29, 1.82) is 0 Å². The van der Waals surface area contributed by atoms with Crippen molar-refractivity contribution >= 4 is 5.78 Å². The first-order valence-corrected chi connectivity index (χ1v) is 7.85. The van der Waals surface area contributed by atoms with E-state index in [1.54, 1.807) is 6.20 Å². The third-order valence-corrected chi connectivity index (χ3v) is 4.96. The molecule has 1 unspecified atom stereocenters. The van der Waals surface area contributed by atoms with E-state index in [0.717, 1.165) is 22.4 Å². The predicted molar refractivity (Wildman–Crippen MR) is 91.7 cm³/mol. The summed E-state index contributed by atoms with van der Waals surface area (Å²) >= 11 is 0. The summed E-state index contributed by atoms with van der Waals surface area (Å²) in [4.78, 5) is 17.2. The highest BCUT2D eigenvalue weighted by Gasteiger charge is 2.20. The van der Waals surface area contributed by atoms with Crippen molar-refractivity contribution in [2.75, 3.05) is 0 Å². The molecule has 0 saturated heterocycles. The van der Waals surface area contributed by atoms with Gasteiger partial charge in [-0.1, -0.05) is 13.0 Å². The largest absolute Gasteiger partial charge is 0.294 e. The summed E-state index contributed by atoms with van der Waals surface area (Å²) in [5, 5.41) is 0. The predicted octanol–water partition coefficient (Wildman–Crippen LogP) is 5.00. The summed E-state index contributed by atoms with van der Waals surface area (Å²) in [6, 6.07) is 5.86. The lowest BCUT2D eigenvalue weighted by Gasteiger charge is -2.19. The quantitative estimate of drug-likeness (QED) is 0.743. The van der Waals surface area contributed by atoms with E-state index >= 15 is 0 Å². The minimum absolute atomic E-state index is 0.134. The highest BCUT2D eigenvalue weighted by Crippen LogP contribution is 2.29. The lowest BCUT2D eigenvalue weighted by Crippen LogP contribution is -2.12. The van der Waals surface area contributed by atoms with Crippen LogP contribution in [0.5, 0.6) is 0 Å². The average Bonchev–Trinajstić information content (AvgIpc) is 2.52. The summed E-state index contributed by atoms with van der Waals surface area (Å²) in [5.74, 6) is 0.355. The van der Waals surface area contributed by atoms with Crippen molar-refractivity contribution in [3.63, 3.8) is 0 Å². The summed E-state index contributed by atoms with van der Waals surface area (Å²) in [7, 11) is 0. The van der Waals surface area contributed by atoms with Crippen LogP contribution < -0.4 is 0 Å². The van der Waals surface area contributed by atoms with Crippen molar-refractivity contribution in [2.45, 2.75) is 53.9 Å². The molecule has 116 valence electrons. The van der Waals surface area contributed by atoms with Crippen LogP contribution in [0.1, 0.15) is 63.1 Å². The van der Waals surface area contributed by atoms with Crippen LogP contribution in [0.4, 0.5) is 0 Å². The second-order valence-electron chi connectivity index (χ2n) is 6.28. The van der Waals surface area contributed by atoms with Crippen LogP contribution in [0.3, 0.4) is 0 Å². The maximum Gasteiger partial charge on any atom is 0.164 e. The zero-order valence-electron chi connectivity index (χ0n) is 14.4. The number of hydrogen-bond acceptors (Lipinski definition) is 2. The Morgan fingerprint density at radius 2 is 1.50 bits per heavy atom. The molecule has 0 fully saturated rings. The molecular weight excluding hydrogens is 270 g/mol. The van der Waals surface area contributed by atoms with Crippen LogP contribution in [0.25, 0.3) is 0 Å². The van der Waals surface area contributed by atoms with Crippen LogP contribution in [-0.4, -0.2) is 10.8 Å². The van der Waals surface area contributed by atoms with Crippen molar-refractivity contribution in [3.05, 3.63) is 63.5 Å². The van der Waals surface area contributed by atoms with Gasteiger partial charge >= 0.3 is 0 Å². The Balaban J connectivity index is 2.35. The molecule has 0 amide bonds. The Morgan fingerprint density at radius 1 is 0.955 bits per heavy atom. The zero-order chi connectivity index (χ0) is 16.4. The Kier molecular flexibility index (Phi) is 4.80.